The van der Waals surface area contributed by atoms with Crippen LogP contribution in [-0.4, -0.2) is 24.1 Å². The van der Waals surface area contributed by atoms with Crippen LogP contribution in [-0.2, 0) is 9.47 Å². The van der Waals surface area contributed by atoms with Crippen molar-refractivity contribution in [2.45, 2.75) is 78.4 Å². The van der Waals surface area contributed by atoms with Gasteiger partial charge in [0.25, 0.3) is 0 Å². The van der Waals surface area contributed by atoms with Crippen molar-refractivity contribution in [3.8, 4) is 11.8 Å². The highest BCUT2D eigenvalue weighted by Crippen LogP contribution is 2.16. The topological polar surface area (TPSA) is 52.6 Å². The number of hydrogen-bond acceptors (Lipinski definition) is 4. The lowest BCUT2D eigenvalue weighted by atomic mass is 10.1. The third kappa shape index (κ3) is 7.31. The van der Waals surface area contributed by atoms with Crippen LogP contribution in [0.25, 0.3) is 0 Å². The van der Waals surface area contributed by atoms with Gasteiger partial charge in [0.1, 0.15) is 6.10 Å². The number of hydrogen-bond donors (Lipinski definition) is 0. The Morgan fingerprint density at radius 2 is 1.58 bits per heavy atom. The molecule has 0 saturated carbocycles. The summed E-state index contributed by atoms with van der Waals surface area (Å²) in [6, 6.07) is 6.62. The van der Waals surface area contributed by atoms with E-state index in [0.29, 0.717) is 12.8 Å². The molecule has 4 heteroatoms. The summed E-state index contributed by atoms with van der Waals surface area (Å²) in [5.74, 6) is 5.11. The van der Waals surface area contributed by atoms with Crippen LogP contribution in [0.4, 0.5) is 0 Å². The van der Waals surface area contributed by atoms with Gasteiger partial charge in [0.15, 0.2) is 0 Å². The Kier molecular flexibility index (Phi) is 10.2. The highest BCUT2D eigenvalue weighted by atomic mass is 16.5. The normalized spacial score (nSPS) is 12.5. The number of unbranched alkanes of at least 4 members (excludes halogenated alkanes) is 1. The van der Waals surface area contributed by atoms with Crippen molar-refractivity contribution in [2.75, 3.05) is 0 Å². The first-order valence-corrected chi connectivity index (χ1v) is 9.50. The molecule has 1 aromatic carbocycles. The van der Waals surface area contributed by atoms with E-state index in [1.54, 1.807) is 24.3 Å². The van der Waals surface area contributed by atoms with Gasteiger partial charge >= 0.3 is 11.9 Å². The van der Waals surface area contributed by atoms with E-state index in [9.17, 15) is 9.59 Å². The van der Waals surface area contributed by atoms with Crippen molar-refractivity contribution < 1.29 is 19.1 Å². The third-order valence-corrected chi connectivity index (χ3v) is 3.93. The SMILES string of the molecule is CCCC#CCC(CC)OC(=O)c1ccccc1C(=O)OC(C)CCC. The van der Waals surface area contributed by atoms with Gasteiger partial charge in [-0.3, -0.25) is 0 Å². The zero-order chi connectivity index (χ0) is 19.4. The zero-order valence-electron chi connectivity index (χ0n) is 16.3. The molecule has 0 heterocycles. The summed E-state index contributed by atoms with van der Waals surface area (Å²) in [4.78, 5) is 25.0. The molecule has 142 valence electrons. The molecule has 0 aliphatic rings. The fraction of sp³-hybridized carbons (Fsp3) is 0.545. The number of rotatable bonds is 9. The Balaban J connectivity index is 2.83. The van der Waals surface area contributed by atoms with Crippen LogP contribution < -0.4 is 0 Å². The minimum atomic E-state index is -0.509. The maximum atomic E-state index is 12.6. The standard InChI is InChI=1S/C22H30O4/c1-5-8-9-10-14-18(7-3)26-22(24)20-16-12-11-15-19(20)21(23)25-17(4)13-6-2/h11-12,15-18H,5-8,13-14H2,1-4H3. The van der Waals surface area contributed by atoms with Gasteiger partial charge in [-0.2, -0.15) is 0 Å². The van der Waals surface area contributed by atoms with Crippen LogP contribution in [0, 0.1) is 11.8 Å². The third-order valence-electron chi connectivity index (χ3n) is 3.93. The van der Waals surface area contributed by atoms with Crippen LogP contribution >= 0.6 is 0 Å². The van der Waals surface area contributed by atoms with E-state index in [0.717, 1.165) is 25.7 Å². The van der Waals surface area contributed by atoms with Gasteiger partial charge in [0, 0.05) is 12.8 Å². The fourth-order valence-corrected chi connectivity index (χ4v) is 2.43. The molecule has 2 atom stereocenters. The van der Waals surface area contributed by atoms with E-state index >= 15 is 0 Å². The van der Waals surface area contributed by atoms with Crippen LogP contribution in [0.2, 0.25) is 0 Å². The minimum Gasteiger partial charge on any atom is -0.459 e. The van der Waals surface area contributed by atoms with Gasteiger partial charge in [-0.15, -0.1) is 5.92 Å². The lowest BCUT2D eigenvalue weighted by Gasteiger charge is -2.16. The molecule has 0 aromatic heterocycles. The van der Waals surface area contributed by atoms with Gasteiger partial charge in [-0.1, -0.05) is 45.2 Å². The minimum absolute atomic E-state index is 0.186. The molecule has 0 saturated heterocycles. The Morgan fingerprint density at radius 3 is 2.12 bits per heavy atom. The average molecular weight is 358 g/mol. The zero-order valence-corrected chi connectivity index (χ0v) is 16.3. The van der Waals surface area contributed by atoms with Crippen molar-refractivity contribution in [1.82, 2.24) is 0 Å². The van der Waals surface area contributed by atoms with Gasteiger partial charge < -0.3 is 9.47 Å². The molecule has 4 nitrogen and oxygen atoms in total. The Hall–Kier alpha value is -2.28. The van der Waals surface area contributed by atoms with Crippen molar-refractivity contribution in [1.29, 1.82) is 0 Å². The summed E-state index contributed by atoms with van der Waals surface area (Å²) >= 11 is 0. The van der Waals surface area contributed by atoms with E-state index in [1.807, 2.05) is 20.8 Å². The molecule has 0 aliphatic heterocycles. The molecule has 0 N–H and O–H groups in total. The van der Waals surface area contributed by atoms with E-state index in [-0.39, 0.29) is 23.3 Å². The first-order chi connectivity index (χ1) is 12.5. The van der Waals surface area contributed by atoms with Crippen molar-refractivity contribution in [3.63, 3.8) is 0 Å². The highest BCUT2D eigenvalue weighted by Gasteiger charge is 2.22. The summed E-state index contributed by atoms with van der Waals surface area (Å²) in [6.45, 7) is 7.91. The molecule has 0 spiro atoms. The van der Waals surface area contributed by atoms with Crippen LogP contribution in [0.3, 0.4) is 0 Å². The molecule has 0 bridgehead atoms. The van der Waals surface area contributed by atoms with E-state index < -0.39 is 11.9 Å². The Morgan fingerprint density at radius 1 is 0.962 bits per heavy atom. The summed E-state index contributed by atoms with van der Waals surface area (Å²) in [6.07, 6.45) is 4.27. The average Bonchev–Trinajstić information content (AvgIpc) is 2.64. The maximum Gasteiger partial charge on any atom is 0.339 e. The van der Waals surface area contributed by atoms with Gasteiger partial charge in [0.05, 0.1) is 17.2 Å². The van der Waals surface area contributed by atoms with Crippen LogP contribution in [0.15, 0.2) is 24.3 Å². The summed E-state index contributed by atoms with van der Waals surface area (Å²) < 4.78 is 11.0. The van der Waals surface area contributed by atoms with Crippen molar-refractivity contribution in [2.24, 2.45) is 0 Å². The number of carbonyl (C=O) groups is 2. The van der Waals surface area contributed by atoms with Crippen LogP contribution in [0.5, 0.6) is 0 Å². The molecule has 0 fully saturated rings. The second kappa shape index (κ2) is 12.1. The molecule has 0 aliphatic carbocycles. The predicted molar refractivity (Wildman–Crippen MR) is 103 cm³/mol. The molecule has 2 unspecified atom stereocenters. The lowest BCUT2D eigenvalue weighted by molar-refractivity contribution is 0.0264. The van der Waals surface area contributed by atoms with E-state index in [4.69, 9.17) is 9.47 Å². The first kappa shape index (κ1) is 21.8. The molecule has 0 radical (unpaired) electrons. The van der Waals surface area contributed by atoms with Gasteiger partial charge in [-0.25, -0.2) is 9.59 Å². The van der Waals surface area contributed by atoms with Crippen LogP contribution in [0.1, 0.15) is 86.9 Å². The summed E-state index contributed by atoms with van der Waals surface area (Å²) in [5.41, 5.74) is 0.480. The Labute approximate surface area is 157 Å². The predicted octanol–water partition coefficient (Wildman–Crippen LogP) is 5.16. The smallest absolute Gasteiger partial charge is 0.339 e. The number of carbonyl (C=O) groups excluding carboxylic acids is 2. The monoisotopic (exact) mass is 358 g/mol. The second-order valence-corrected chi connectivity index (χ2v) is 6.29. The highest BCUT2D eigenvalue weighted by molar-refractivity contribution is 6.03. The molecular weight excluding hydrogens is 328 g/mol. The quantitative estimate of drug-likeness (QED) is 0.452. The fourth-order valence-electron chi connectivity index (χ4n) is 2.43. The second-order valence-electron chi connectivity index (χ2n) is 6.29. The van der Waals surface area contributed by atoms with Gasteiger partial charge in [0.2, 0.25) is 0 Å². The van der Waals surface area contributed by atoms with Crippen molar-refractivity contribution >= 4 is 11.9 Å². The molecule has 26 heavy (non-hydrogen) atoms. The number of benzene rings is 1. The van der Waals surface area contributed by atoms with E-state index in [2.05, 4.69) is 18.8 Å². The van der Waals surface area contributed by atoms with E-state index in [1.165, 1.54) is 0 Å². The summed E-state index contributed by atoms with van der Waals surface area (Å²) in [5, 5.41) is 0. The number of esters is 2. The maximum absolute atomic E-state index is 12.6. The number of ether oxygens (including phenoxy) is 2. The molecular formula is C22H30O4. The van der Waals surface area contributed by atoms with Crippen molar-refractivity contribution in [3.05, 3.63) is 35.4 Å². The molecule has 0 amide bonds. The molecule has 1 rings (SSSR count). The Bertz CT molecular complexity index is 639. The summed E-state index contributed by atoms with van der Waals surface area (Å²) in [7, 11) is 0. The van der Waals surface area contributed by atoms with Gasteiger partial charge in [-0.05, 0) is 38.3 Å². The lowest BCUT2D eigenvalue weighted by Crippen LogP contribution is -2.21. The largest absolute Gasteiger partial charge is 0.459 e. The molecule has 1 aromatic rings. The first-order valence-electron chi connectivity index (χ1n) is 9.50.